The van der Waals surface area contributed by atoms with E-state index in [1.54, 1.807) is 0 Å². The molecule has 0 saturated carbocycles. The van der Waals surface area contributed by atoms with Gasteiger partial charge in [0.1, 0.15) is 12.2 Å². The molecular formula is C65H115NO5S2Si. The van der Waals surface area contributed by atoms with Gasteiger partial charge in [-0.05, 0) is 111 Å². The first kappa shape index (κ1) is 68.3. The summed E-state index contributed by atoms with van der Waals surface area (Å²) in [4.78, 5) is 25.6. The van der Waals surface area contributed by atoms with Crippen molar-refractivity contribution in [2.75, 3.05) is 36.2 Å². The van der Waals surface area contributed by atoms with Crippen molar-refractivity contribution in [3.8, 4) is 0 Å². The monoisotopic (exact) mass is 1080 g/mol. The first-order valence-electron chi connectivity index (χ1n) is 31.1. The first-order valence-corrected chi connectivity index (χ1v) is 35.4. The highest BCUT2D eigenvalue weighted by atomic mass is 32.2. The Hall–Kier alpha value is -1.78. The van der Waals surface area contributed by atoms with E-state index >= 15 is 0 Å². The van der Waals surface area contributed by atoms with Crippen LogP contribution in [0.3, 0.4) is 0 Å². The number of ether oxygens (including phenoxy) is 2. The average molecular weight is 1080 g/mol. The molecule has 426 valence electrons. The smallest absolute Gasteiger partial charge is 0.306 e. The largest absolute Gasteiger partial charge is 0.461 e. The van der Waals surface area contributed by atoms with E-state index in [0.717, 1.165) is 100 Å². The number of esters is 2. The molecule has 0 radical (unpaired) electrons. The second-order valence-electron chi connectivity index (χ2n) is 22.7. The van der Waals surface area contributed by atoms with Crippen molar-refractivity contribution in [2.45, 2.75) is 290 Å². The Labute approximate surface area is 467 Å². The van der Waals surface area contributed by atoms with E-state index in [9.17, 15) is 9.59 Å². The van der Waals surface area contributed by atoms with Gasteiger partial charge in [-0.1, -0.05) is 238 Å². The molecule has 6 nitrogen and oxygen atoms in total. The van der Waals surface area contributed by atoms with E-state index in [1.165, 1.54) is 152 Å². The minimum absolute atomic E-state index is 0.0124. The summed E-state index contributed by atoms with van der Waals surface area (Å²) in [6.45, 7) is 17.9. The van der Waals surface area contributed by atoms with E-state index in [1.807, 2.05) is 23.5 Å². The number of nitrogens with one attached hydrogen (secondary N) is 1. The summed E-state index contributed by atoms with van der Waals surface area (Å²) in [6.07, 6.45) is 39.3. The lowest BCUT2D eigenvalue weighted by atomic mass is 10.0. The number of thioether (sulfide) groups is 2. The molecule has 2 aromatic carbocycles. The van der Waals surface area contributed by atoms with Crippen LogP contribution in [-0.4, -0.2) is 74.7 Å². The number of carbonyl (C=O) groups is 2. The molecular weight excluding hydrogens is 967 g/mol. The van der Waals surface area contributed by atoms with Gasteiger partial charge in [-0.2, -0.15) is 23.5 Å². The quantitative estimate of drug-likeness (QED) is 0.0399. The summed E-state index contributed by atoms with van der Waals surface area (Å²) in [6, 6.07) is 22.6. The Balaban J connectivity index is 1.92. The number of benzene rings is 2. The van der Waals surface area contributed by atoms with E-state index in [-0.39, 0.29) is 29.2 Å². The maximum Gasteiger partial charge on any atom is 0.306 e. The molecule has 1 N–H and O–H groups in total. The molecule has 0 aromatic heterocycles. The third-order valence-electron chi connectivity index (χ3n) is 14.9. The Morgan fingerprint density at radius 2 is 0.851 bits per heavy atom. The molecule has 0 aliphatic heterocycles. The number of unbranched alkanes of at least 4 members (excludes halogenated alkanes) is 21. The van der Waals surface area contributed by atoms with Crippen LogP contribution in [0, 0.1) is 0 Å². The highest BCUT2D eigenvalue weighted by molar-refractivity contribution is 7.99. The predicted octanol–water partition coefficient (Wildman–Crippen LogP) is 18.2. The zero-order valence-electron chi connectivity index (χ0n) is 49.1. The molecule has 0 heterocycles. The van der Waals surface area contributed by atoms with Gasteiger partial charge in [0.25, 0.3) is 8.32 Å². The van der Waals surface area contributed by atoms with Crippen LogP contribution in [0.1, 0.15) is 267 Å². The molecule has 0 aliphatic carbocycles. The standard InChI is InChI=1S/C65H115NO5S2Si/c1-8-12-16-20-22-36-50-63(67)70-59(44-30-18-14-10-3)56-72-54-40-26-28-42-58(43-29-27-41-55-73-57-60(45-31-19-15-11-4)71-64(68)51-37-23-21-17-13-9-2)66-52-38-39-53-69-74(65(5,6)7,61-46-32-24-33-47-61)62-48-34-25-35-49-62/h24-25,32-35,46-49,58-60,66H,8-23,26-31,36-45,50-57H2,1-7H3. The van der Waals surface area contributed by atoms with Gasteiger partial charge in [0.15, 0.2) is 0 Å². The Kier molecular flexibility index (Phi) is 42.6. The summed E-state index contributed by atoms with van der Waals surface area (Å²) in [5.41, 5.74) is 0. The van der Waals surface area contributed by atoms with Gasteiger partial charge in [-0.3, -0.25) is 9.59 Å². The van der Waals surface area contributed by atoms with Gasteiger partial charge >= 0.3 is 11.9 Å². The summed E-state index contributed by atoms with van der Waals surface area (Å²) >= 11 is 3.99. The summed E-state index contributed by atoms with van der Waals surface area (Å²) in [7, 11) is -2.53. The molecule has 0 bridgehead atoms. The van der Waals surface area contributed by atoms with Crippen molar-refractivity contribution in [3.63, 3.8) is 0 Å². The average Bonchev–Trinajstić information content (AvgIpc) is 3.39. The summed E-state index contributed by atoms with van der Waals surface area (Å²) in [5, 5.41) is 6.73. The Morgan fingerprint density at radius 1 is 0.473 bits per heavy atom. The predicted molar refractivity (Wildman–Crippen MR) is 329 cm³/mol. The van der Waals surface area contributed by atoms with Crippen molar-refractivity contribution in [2.24, 2.45) is 0 Å². The van der Waals surface area contributed by atoms with Crippen LogP contribution in [0.5, 0.6) is 0 Å². The lowest BCUT2D eigenvalue weighted by Gasteiger charge is -2.43. The second-order valence-corrected chi connectivity index (χ2v) is 29.3. The molecule has 2 unspecified atom stereocenters. The Bertz CT molecular complexity index is 1480. The Morgan fingerprint density at radius 3 is 1.27 bits per heavy atom. The van der Waals surface area contributed by atoms with E-state index in [4.69, 9.17) is 13.9 Å². The van der Waals surface area contributed by atoms with Gasteiger partial charge in [0.2, 0.25) is 0 Å². The molecule has 2 atom stereocenters. The van der Waals surface area contributed by atoms with Gasteiger partial charge in [0, 0.05) is 37.0 Å². The van der Waals surface area contributed by atoms with Crippen LogP contribution < -0.4 is 15.7 Å². The third kappa shape index (κ3) is 32.8. The molecule has 0 saturated heterocycles. The SMILES string of the molecule is CCCCCCCCC(=O)OC(CCCCCC)CSCCCCCC(CCCCCSCC(CCCCCC)OC(=O)CCCCCCCC)NCCCCO[Si](c1ccccc1)(c1ccccc1)C(C)(C)C. The fourth-order valence-electron chi connectivity index (χ4n) is 10.4. The van der Waals surface area contributed by atoms with Crippen LogP contribution in [0.4, 0.5) is 0 Å². The molecule has 2 aromatic rings. The van der Waals surface area contributed by atoms with Crippen LogP contribution in [0.25, 0.3) is 0 Å². The minimum atomic E-state index is -2.53. The normalized spacial score (nSPS) is 13.2. The number of hydrogen-bond donors (Lipinski definition) is 1. The first-order chi connectivity index (χ1) is 36.1. The molecule has 74 heavy (non-hydrogen) atoms. The van der Waals surface area contributed by atoms with Gasteiger partial charge in [0.05, 0.1) is 0 Å². The van der Waals surface area contributed by atoms with Gasteiger partial charge in [-0.25, -0.2) is 0 Å². The van der Waals surface area contributed by atoms with Crippen LogP contribution >= 0.6 is 23.5 Å². The minimum Gasteiger partial charge on any atom is -0.461 e. The molecule has 0 amide bonds. The number of rotatable bonds is 51. The molecule has 2 rings (SSSR count). The molecule has 0 spiro atoms. The molecule has 9 heteroatoms. The van der Waals surface area contributed by atoms with Crippen molar-refractivity contribution in [1.29, 1.82) is 0 Å². The number of hydrogen-bond acceptors (Lipinski definition) is 8. The van der Waals surface area contributed by atoms with E-state index < -0.39 is 8.32 Å². The maximum absolute atomic E-state index is 12.8. The van der Waals surface area contributed by atoms with E-state index in [2.05, 4.69) is 114 Å². The van der Waals surface area contributed by atoms with E-state index in [0.29, 0.717) is 18.9 Å². The summed E-state index contributed by atoms with van der Waals surface area (Å²) < 4.78 is 19.4. The van der Waals surface area contributed by atoms with Crippen LogP contribution in [-0.2, 0) is 23.5 Å². The highest BCUT2D eigenvalue weighted by Crippen LogP contribution is 2.37. The zero-order chi connectivity index (χ0) is 53.6. The maximum atomic E-state index is 12.8. The lowest BCUT2D eigenvalue weighted by Crippen LogP contribution is -2.66. The highest BCUT2D eigenvalue weighted by Gasteiger charge is 2.50. The summed E-state index contributed by atoms with van der Waals surface area (Å²) in [5.74, 6) is 4.17. The van der Waals surface area contributed by atoms with Crippen molar-refractivity contribution in [1.82, 2.24) is 5.32 Å². The topological polar surface area (TPSA) is 73.9 Å². The third-order valence-corrected chi connectivity index (χ3v) is 22.3. The number of carbonyl (C=O) groups excluding carboxylic acids is 2. The van der Waals surface area contributed by atoms with Gasteiger partial charge in [-0.15, -0.1) is 0 Å². The molecule has 0 fully saturated rings. The fraction of sp³-hybridized carbons (Fsp3) is 0.785. The van der Waals surface area contributed by atoms with Crippen LogP contribution in [0.15, 0.2) is 60.7 Å². The zero-order valence-corrected chi connectivity index (χ0v) is 51.8. The van der Waals surface area contributed by atoms with Crippen LogP contribution in [0.2, 0.25) is 5.04 Å². The molecule has 0 aliphatic rings. The lowest BCUT2D eigenvalue weighted by molar-refractivity contribution is -0.149. The second kappa shape index (κ2) is 46.2. The van der Waals surface area contributed by atoms with Crippen molar-refractivity contribution >= 4 is 54.2 Å². The van der Waals surface area contributed by atoms with Gasteiger partial charge < -0.3 is 19.2 Å². The van der Waals surface area contributed by atoms with Crippen molar-refractivity contribution < 1.29 is 23.5 Å². The fourth-order valence-corrected chi connectivity index (χ4v) is 17.1. The van der Waals surface area contributed by atoms with Crippen molar-refractivity contribution in [3.05, 3.63) is 60.7 Å².